The lowest BCUT2D eigenvalue weighted by atomic mass is 10.1. The maximum Gasteiger partial charge on any atom is 0.255 e. The summed E-state index contributed by atoms with van der Waals surface area (Å²) in [4.78, 5) is 12.2. The smallest absolute Gasteiger partial charge is 0.255 e. The Morgan fingerprint density at radius 2 is 1.70 bits per heavy atom. The number of anilines is 2. The fourth-order valence-electron chi connectivity index (χ4n) is 1.81. The van der Waals surface area contributed by atoms with E-state index in [4.69, 9.17) is 5.73 Å². The summed E-state index contributed by atoms with van der Waals surface area (Å²) in [5.41, 5.74) is 8.05. The van der Waals surface area contributed by atoms with Crippen molar-refractivity contribution in [2.45, 2.75) is 6.04 Å². The van der Waals surface area contributed by atoms with Crippen LogP contribution in [0, 0.1) is 0 Å². The highest BCUT2D eigenvalue weighted by Crippen LogP contribution is 2.13. The molecule has 0 aliphatic heterocycles. The summed E-state index contributed by atoms with van der Waals surface area (Å²) in [6, 6.07) is 16.7. The Labute approximate surface area is 154 Å². The lowest BCUT2D eigenvalue weighted by molar-refractivity contribution is 0.102. The van der Waals surface area contributed by atoms with Gasteiger partial charge in [-0.1, -0.05) is 24.3 Å². The molecule has 0 spiro atoms. The highest BCUT2D eigenvalue weighted by molar-refractivity contribution is 7.80. The fraction of sp³-hybridized carbons (Fsp3) is 0.188. The third-order valence-corrected chi connectivity index (χ3v) is 3.43. The van der Waals surface area contributed by atoms with Gasteiger partial charge in [-0.05, 0) is 30.3 Å². The lowest BCUT2D eigenvalue weighted by Gasteiger charge is -2.12. The minimum absolute atomic E-state index is 0. The molecule has 2 aromatic carbocycles. The number of nitrogens with one attached hydrogen (secondary N) is 2. The molecule has 0 radical (unpaired) electrons. The third-order valence-electron chi connectivity index (χ3n) is 2.96. The van der Waals surface area contributed by atoms with E-state index in [1.54, 1.807) is 6.07 Å². The molecule has 0 aliphatic rings. The van der Waals surface area contributed by atoms with Crippen LogP contribution in [0.4, 0.5) is 11.4 Å². The normalized spacial score (nSPS) is 10.7. The standard InChI is InChI=1S/C16H19N3OS.2ClH/c17-13(11-21)10-18-15-8-4-5-12(9-15)16(20)19-14-6-2-1-3-7-14;;/h1-9,13,18,21H,10-11,17H2,(H,19,20);2*1H. The number of benzene rings is 2. The van der Waals surface area contributed by atoms with Crippen molar-refractivity contribution >= 4 is 54.7 Å². The molecular weight excluding hydrogens is 353 g/mol. The van der Waals surface area contributed by atoms with Gasteiger partial charge in [-0.15, -0.1) is 24.8 Å². The molecule has 126 valence electrons. The molecule has 0 heterocycles. The Balaban J connectivity index is 0.00000242. The second-order valence-corrected chi connectivity index (χ2v) is 5.09. The number of nitrogens with two attached hydrogens (primary N) is 1. The molecule has 23 heavy (non-hydrogen) atoms. The van der Waals surface area contributed by atoms with Gasteiger partial charge in [-0.3, -0.25) is 4.79 Å². The zero-order valence-electron chi connectivity index (χ0n) is 12.4. The molecule has 4 nitrogen and oxygen atoms in total. The maximum absolute atomic E-state index is 12.2. The molecule has 0 aromatic heterocycles. The first kappa shape index (κ1) is 21.6. The minimum Gasteiger partial charge on any atom is -0.383 e. The first-order valence-corrected chi connectivity index (χ1v) is 7.39. The van der Waals surface area contributed by atoms with Crippen LogP contribution in [-0.4, -0.2) is 24.2 Å². The molecule has 0 fully saturated rings. The first-order chi connectivity index (χ1) is 10.2. The average Bonchev–Trinajstić information content (AvgIpc) is 2.53. The number of carbonyl (C=O) groups is 1. The number of hydrogen-bond acceptors (Lipinski definition) is 4. The van der Waals surface area contributed by atoms with Crippen molar-refractivity contribution in [3.8, 4) is 0 Å². The molecule has 2 rings (SSSR count). The van der Waals surface area contributed by atoms with E-state index in [0.29, 0.717) is 17.9 Å². The number of hydrogen-bond donors (Lipinski definition) is 4. The van der Waals surface area contributed by atoms with Crippen LogP contribution >= 0.6 is 37.4 Å². The summed E-state index contributed by atoms with van der Waals surface area (Å²) in [5, 5.41) is 6.06. The summed E-state index contributed by atoms with van der Waals surface area (Å²) in [6.07, 6.45) is 0. The Morgan fingerprint density at radius 3 is 2.35 bits per heavy atom. The number of para-hydroxylation sites is 1. The number of carbonyl (C=O) groups excluding carboxylic acids is 1. The molecule has 1 atom stereocenters. The van der Waals surface area contributed by atoms with Crippen molar-refractivity contribution in [2.75, 3.05) is 22.9 Å². The van der Waals surface area contributed by atoms with Crippen LogP contribution < -0.4 is 16.4 Å². The molecule has 0 aliphatic carbocycles. The molecule has 2 aromatic rings. The van der Waals surface area contributed by atoms with Gasteiger partial charge in [0.05, 0.1) is 0 Å². The summed E-state index contributed by atoms with van der Waals surface area (Å²) >= 11 is 4.14. The van der Waals surface area contributed by atoms with E-state index < -0.39 is 0 Å². The van der Waals surface area contributed by atoms with Crippen LogP contribution in [0.15, 0.2) is 54.6 Å². The van der Waals surface area contributed by atoms with Gasteiger partial charge in [0.25, 0.3) is 5.91 Å². The Hall–Kier alpha value is -1.40. The van der Waals surface area contributed by atoms with E-state index >= 15 is 0 Å². The zero-order valence-corrected chi connectivity index (χ0v) is 15.0. The molecule has 0 bridgehead atoms. The van der Waals surface area contributed by atoms with E-state index in [0.717, 1.165) is 11.4 Å². The SMILES string of the molecule is Cl.Cl.NC(CS)CNc1cccc(C(=O)Nc2ccccc2)c1. The van der Waals surface area contributed by atoms with Crippen molar-refractivity contribution < 1.29 is 4.79 Å². The zero-order chi connectivity index (χ0) is 15.1. The van der Waals surface area contributed by atoms with E-state index in [1.165, 1.54) is 0 Å². The average molecular weight is 374 g/mol. The topological polar surface area (TPSA) is 67.1 Å². The van der Waals surface area contributed by atoms with Crippen LogP contribution in [0.5, 0.6) is 0 Å². The van der Waals surface area contributed by atoms with Gasteiger partial charge in [-0.2, -0.15) is 12.6 Å². The molecule has 0 saturated carbocycles. The largest absolute Gasteiger partial charge is 0.383 e. The second kappa shape index (κ2) is 11.2. The Kier molecular flexibility index (Phi) is 10.5. The van der Waals surface area contributed by atoms with E-state index in [-0.39, 0.29) is 36.8 Å². The number of halogens is 2. The van der Waals surface area contributed by atoms with Crippen molar-refractivity contribution in [1.82, 2.24) is 0 Å². The third kappa shape index (κ3) is 7.14. The Morgan fingerprint density at radius 1 is 1.04 bits per heavy atom. The highest BCUT2D eigenvalue weighted by atomic mass is 35.5. The monoisotopic (exact) mass is 373 g/mol. The van der Waals surface area contributed by atoms with Crippen LogP contribution in [-0.2, 0) is 0 Å². The predicted octanol–water partition coefficient (Wildman–Crippen LogP) is 3.45. The maximum atomic E-state index is 12.2. The van der Waals surface area contributed by atoms with E-state index in [9.17, 15) is 4.79 Å². The van der Waals surface area contributed by atoms with Crippen LogP contribution in [0.2, 0.25) is 0 Å². The molecule has 4 N–H and O–H groups in total. The minimum atomic E-state index is -0.136. The summed E-state index contributed by atoms with van der Waals surface area (Å²) in [7, 11) is 0. The van der Waals surface area contributed by atoms with E-state index in [2.05, 4.69) is 23.3 Å². The molecular formula is C16H21Cl2N3OS. The van der Waals surface area contributed by atoms with Gasteiger partial charge in [0.15, 0.2) is 0 Å². The van der Waals surface area contributed by atoms with Crippen LogP contribution in [0.1, 0.15) is 10.4 Å². The van der Waals surface area contributed by atoms with Crippen molar-refractivity contribution in [2.24, 2.45) is 5.73 Å². The van der Waals surface area contributed by atoms with Gasteiger partial charge in [0.1, 0.15) is 0 Å². The fourth-order valence-corrected chi connectivity index (χ4v) is 1.94. The number of thiol groups is 1. The predicted molar refractivity (Wildman–Crippen MR) is 106 cm³/mol. The van der Waals surface area contributed by atoms with Crippen LogP contribution in [0.25, 0.3) is 0 Å². The summed E-state index contributed by atoms with van der Waals surface area (Å²) < 4.78 is 0. The molecule has 1 amide bonds. The quantitative estimate of drug-likeness (QED) is 0.586. The summed E-state index contributed by atoms with van der Waals surface area (Å²) in [6.45, 7) is 0.618. The molecule has 0 saturated heterocycles. The van der Waals surface area contributed by atoms with Crippen molar-refractivity contribution in [3.63, 3.8) is 0 Å². The first-order valence-electron chi connectivity index (χ1n) is 6.76. The molecule has 1 unspecified atom stereocenters. The second-order valence-electron chi connectivity index (χ2n) is 4.72. The van der Waals surface area contributed by atoms with Gasteiger partial charge >= 0.3 is 0 Å². The van der Waals surface area contributed by atoms with E-state index in [1.807, 2.05) is 48.5 Å². The number of rotatable bonds is 6. The number of amides is 1. The lowest BCUT2D eigenvalue weighted by Crippen LogP contribution is -2.30. The Bertz CT molecular complexity index is 599. The summed E-state index contributed by atoms with van der Waals surface area (Å²) in [5.74, 6) is 0.476. The molecule has 7 heteroatoms. The van der Waals surface area contributed by atoms with Gasteiger partial charge in [0, 0.05) is 35.3 Å². The van der Waals surface area contributed by atoms with Gasteiger partial charge < -0.3 is 16.4 Å². The van der Waals surface area contributed by atoms with Gasteiger partial charge in [0.2, 0.25) is 0 Å². The van der Waals surface area contributed by atoms with Crippen molar-refractivity contribution in [3.05, 3.63) is 60.2 Å². The highest BCUT2D eigenvalue weighted by Gasteiger charge is 2.07. The van der Waals surface area contributed by atoms with Crippen LogP contribution in [0.3, 0.4) is 0 Å². The van der Waals surface area contributed by atoms with Gasteiger partial charge in [-0.25, -0.2) is 0 Å². The van der Waals surface area contributed by atoms with Crippen molar-refractivity contribution in [1.29, 1.82) is 0 Å².